The number of hydrogen-bond acceptors (Lipinski definition) is 6. The minimum atomic E-state index is -0.515. The van der Waals surface area contributed by atoms with Gasteiger partial charge in [-0.15, -0.1) is 0 Å². The second-order valence-electron chi connectivity index (χ2n) is 7.06. The number of benzene rings is 3. The summed E-state index contributed by atoms with van der Waals surface area (Å²) in [5, 5.41) is 20.9. The zero-order valence-electron chi connectivity index (χ0n) is 16.9. The summed E-state index contributed by atoms with van der Waals surface area (Å²) in [5.41, 5.74) is 2.44. The monoisotopic (exact) mass is 406 g/mol. The van der Waals surface area contributed by atoms with Gasteiger partial charge in [-0.05, 0) is 41.0 Å². The van der Waals surface area contributed by atoms with Crippen molar-refractivity contribution < 1.29 is 29.2 Å². The molecule has 3 aromatic carbocycles. The molecule has 1 unspecified atom stereocenters. The molecule has 1 aliphatic carbocycles. The summed E-state index contributed by atoms with van der Waals surface area (Å²) in [4.78, 5) is 13.1. The predicted octanol–water partition coefficient (Wildman–Crippen LogP) is 4.18. The number of methoxy groups -OCH3 is 3. The van der Waals surface area contributed by atoms with E-state index in [9.17, 15) is 15.0 Å². The highest BCUT2D eigenvalue weighted by molar-refractivity contribution is 6.16. The molecule has 6 nitrogen and oxygen atoms in total. The highest BCUT2D eigenvalue weighted by Crippen LogP contribution is 2.49. The van der Waals surface area contributed by atoms with E-state index in [1.807, 2.05) is 12.1 Å². The number of fused-ring (bicyclic) bond motifs is 2. The number of hydrogen-bond donors (Lipinski definition) is 2. The van der Waals surface area contributed by atoms with Crippen LogP contribution in [0.1, 0.15) is 44.6 Å². The number of carbonyl (C=O) groups is 1. The smallest absolute Gasteiger partial charge is 0.201 e. The first-order chi connectivity index (χ1) is 14.5. The maximum Gasteiger partial charge on any atom is 0.201 e. The van der Waals surface area contributed by atoms with Crippen LogP contribution in [0.5, 0.6) is 23.0 Å². The van der Waals surface area contributed by atoms with E-state index in [0.29, 0.717) is 22.6 Å². The van der Waals surface area contributed by atoms with Gasteiger partial charge in [0, 0.05) is 13.0 Å². The normalized spacial score (nSPS) is 14.0. The highest BCUT2D eigenvalue weighted by Gasteiger charge is 2.39. The molecule has 0 bridgehead atoms. The van der Waals surface area contributed by atoms with Crippen LogP contribution in [0.15, 0.2) is 54.6 Å². The molecule has 1 aliphatic rings. The number of carbonyl (C=O) groups excluding carboxylic acids is 1. The summed E-state index contributed by atoms with van der Waals surface area (Å²) < 4.78 is 16.7. The van der Waals surface area contributed by atoms with Gasteiger partial charge in [0.1, 0.15) is 11.5 Å². The van der Waals surface area contributed by atoms with Crippen molar-refractivity contribution >= 4 is 5.78 Å². The Balaban J connectivity index is 1.96. The SMILES string of the molecule is COc1ccc(C(OC)C2c3cccc(O)c3C(=O)c3c(O)cccc32)cc1OC. The van der Waals surface area contributed by atoms with Gasteiger partial charge in [-0.25, -0.2) is 0 Å². The van der Waals surface area contributed by atoms with Crippen LogP contribution >= 0.6 is 0 Å². The van der Waals surface area contributed by atoms with Gasteiger partial charge >= 0.3 is 0 Å². The third kappa shape index (κ3) is 2.97. The van der Waals surface area contributed by atoms with Gasteiger partial charge in [-0.2, -0.15) is 0 Å². The van der Waals surface area contributed by atoms with Crippen LogP contribution in [0.2, 0.25) is 0 Å². The lowest BCUT2D eigenvalue weighted by atomic mass is 9.73. The molecule has 1 atom stereocenters. The fraction of sp³-hybridized carbons (Fsp3) is 0.208. The fourth-order valence-corrected chi connectivity index (χ4v) is 4.24. The Labute approximate surface area is 174 Å². The lowest BCUT2D eigenvalue weighted by Gasteiger charge is -2.33. The Morgan fingerprint density at radius 1 is 0.800 bits per heavy atom. The molecule has 2 N–H and O–H groups in total. The van der Waals surface area contributed by atoms with E-state index in [1.54, 1.807) is 51.7 Å². The van der Waals surface area contributed by atoms with Crippen molar-refractivity contribution in [2.24, 2.45) is 0 Å². The van der Waals surface area contributed by atoms with E-state index in [-0.39, 0.29) is 22.6 Å². The van der Waals surface area contributed by atoms with Gasteiger partial charge in [-0.1, -0.05) is 30.3 Å². The molecule has 0 aromatic heterocycles. The van der Waals surface area contributed by atoms with Crippen LogP contribution in [-0.2, 0) is 4.74 Å². The minimum Gasteiger partial charge on any atom is -0.507 e. The Bertz CT molecular complexity index is 1070. The molecule has 0 aliphatic heterocycles. The van der Waals surface area contributed by atoms with E-state index in [0.717, 1.165) is 5.56 Å². The zero-order valence-corrected chi connectivity index (χ0v) is 16.9. The van der Waals surface area contributed by atoms with Gasteiger partial charge in [0.25, 0.3) is 0 Å². The number of ketones is 1. The molecular formula is C24H22O6. The molecule has 0 saturated heterocycles. The molecule has 0 spiro atoms. The minimum absolute atomic E-state index is 0.126. The van der Waals surface area contributed by atoms with Crippen LogP contribution in [0.4, 0.5) is 0 Å². The number of phenolic OH excluding ortho intramolecular Hbond substituents is 2. The molecule has 30 heavy (non-hydrogen) atoms. The standard InChI is InChI=1S/C24H22O6/c1-28-18-11-10-13(12-19(18)29-2)24(30-3)20-14-6-4-8-16(25)21(14)23(27)22-15(20)7-5-9-17(22)26/h4-12,20,24-26H,1-3H3. The van der Waals surface area contributed by atoms with Crippen LogP contribution in [-0.4, -0.2) is 37.3 Å². The molecule has 0 heterocycles. The van der Waals surface area contributed by atoms with E-state index >= 15 is 0 Å². The summed E-state index contributed by atoms with van der Waals surface area (Å²) in [6.45, 7) is 0. The summed E-state index contributed by atoms with van der Waals surface area (Å²) >= 11 is 0. The van der Waals surface area contributed by atoms with Gasteiger partial charge < -0.3 is 24.4 Å². The van der Waals surface area contributed by atoms with Crippen LogP contribution in [0.3, 0.4) is 0 Å². The Morgan fingerprint density at radius 3 is 1.87 bits per heavy atom. The molecule has 3 aromatic rings. The van der Waals surface area contributed by atoms with Crippen molar-refractivity contribution in [2.45, 2.75) is 12.0 Å². The fourth-order valence-electron chi connectivity index (χ4n) is 4.24. The Hall–Kier alpha value is -3.51. The van der Waals surface area contributed by atoms with Gasteiger partial charge in [-0.3, -0.25) is 4.79 Å². The van der Waals surface area contributed by atoms with E-state index in [2.05, 4.69) is 0 Å². The summed E-state index contributed by atoms with van der Waals surface area (Å²) in [7, 11) is 4.71. The summed E-state index contributed by atoms with van der Waals surface area (Å²) in [5.74, 6) is 0.0453. The van der Waals surface area contributed by atoms with Gasteiger partial charge in [0.2, 0.25) is 5.78 Å². The number of phenols is 2. The summed E-state index contributed by atoms with van der Waals surface area (Å²) in [6, 6.07) is 15.4. The molecule has 0 amide bonds. The van der Waals surface area contributed by atoms with Gasteiger partial charge in [0.05, 0.1) is 31.5 Å². The molecule has 6 heteroatoms. The van der Waals surface area contributed by atoms with E-state index < -0.39 is 17.8 Å². The first kappa shape index (κ1) is 19.8. The molecule has 0 fully saturated rings. The average molecular weight is 406 g/mol. The van der Waals surface area contributed by atoms with E-state index in [1.165, 1.54) is 12.1 Å². The van der Waals surface area contributed by atoms with Crippen molar-refractivity contribution in [3.05, 3.63) is 82.4 Å². The number of ether oxygens (including phenoxy) is 3. The number of rotatable bonds is 5. The van der Waals surface area contributed by atoms with Crippen molar-refractivity contribution in [3.63, 3.8) is 0 Å². The Morgan fingerprint density at radius 2 is 1.37 bits per heavy atom. The Kier molecular flexibility index (Phi) is 5.10. The summed E-state index contributed by atoms with van der Waals surface area (Å²) in [6.07, 6.45) is -0.515. The molecule has 154 valence electrons. The third-order valence-electron chi connectivity index (χ3n) is 5.57. The van der Waals surface area contributed by atoms with Crippen molar-refractivity contribution in [1.82, 2.24) is 0 Å². The quantitative estimate of drug-likeness (QED) is 0.661. The number of aromatic hydroxyl groups is 2. The maximum atomic E-state index is 13.1. The van der Waals surface area contributed by atoms with Crippen LogP contribution < -0.4 is 9.47 Å². The first-order valence-corrected chi connectivity index (χ1v) is 9.45. The second kappa shape index (κ2) is 7.72. The molecular weight excluding hydrogens is 384 g/mol. The molecule has 0 saturated carbocycles. The second-order valence-corrected chi connectivity index (χ2v) is 7.06. The van der Waals surface area contributed by atoms with Gasteiger partial charge in [0.15, 0.2) is 11.5 Å². The topological polar surface area (TPSA) is 85.2 Å². The third-order valence-corrected chi connectivity index (χ3v) is 5.57. The van der Waals surface area contributed by atoms with Crippen LogP contribution in [0, 0.1) is 0 Å². The molecule has 4 rings (SSSR count). The van der Waals surface area contributed by atoms with Crippen molar-refractivity contribution in [1.29, 1.82) is 0 Å². The maximum absolute atomic E-state index is 13.1. The lowest BCUT2D eigenvalue weighted by Crippen LogP contribution is -2.25. The van der Waals surface area contributed by atoms with Crippen LogP contribution in [0.25, 0.3) is 0 Å². The zero-order chi connectivity index (χ0) is 21.4. The van der Waals surface area contributed by atoms with Crippen molar-refractivity contribution in [3.8, 4) is 23.0 Å². The highest BCUT2D eigenvalue weighted by atomic mass is 16.5. The largest absolute Gasteiger partial charge is 0.507 e. The molecule has 0 radical (unpaired) electrons. The van der Waals surface area contributed by atoms with Crippen molar-refractivity contribution in [2.75, 3.05) is 21.3 Å². The first-order valence-electron chi connectivity index (χ1n) is 9.45. The lowest BCUT2D eigenvalue weighted by molar-refractivity contribution is 0.0854. The average Bonchev–Trinajstić information content (AvgIpc) is 2.76. The predicted molar refractivity (Wildman–Crippen MR) is 111 cm³/mol. The van der Waals surface area contributed by atoms with E-state index in [4.69, 9.17) is 14.2 Å².